The van der Waals surface area contributed by atoms with Crippen molar-refractivity contribution in [3.05, 3.63) is 59.7 Å². The molecule has 1 amide bonds. The first-order valence-corrected chi connectivity index (χ1v) is 8.07. The number of carbonyl (C=O) groups excluding carboxylic acids is 1. The van der Waals surface area contributed by atoms with Gasteiger partial charge >= 0.3 is 0 Å². The van der Waals surface area contributed by atoms with Gasteiger partial charge in [0.05, 0.1) is 20.3 Å². The SMILES string of the molecule is COc1ccc(C(C)N(C)C(=O)CCc2cccc(OC)c2)cc1. The predicted molar refractivity (Wildman–Crippen MR) is 95.5 cm³/mol. The molecule has 4 nitrogen and oxygen atoms in total. The second kappa shape index (κ2) is 8.39. The van der Waals surface area contributed by atoms with Crippen LogP contribution in [0.25, 0.3) is 0 Å². The van der Waals surface area contributed by atoms with E-state index in [0.717, 1.165) is 22.6 Å². The lowest BCUT2D eigenvalue weighted by molar-refractivity contribution is -0.131. The molecule has 0 heterocycles. The zero-order chi connectivity index (χ0) is 17.5. The molecule has 4 heteroatoms. The van der Waals surface area contributed by atoms with Gasteiger partial charge in [0.25, 0.3) is 0 Å². The molecule has 2 rings (SSSR count). The van der Waals surface area contributed by atoms with Crippen molar-refractivity contribution in [1.82, 2.24) is 4.90 Å². The number of rotatable bonds is 7. The number of nitrogens with zero attached hydrogens (tertiary/aromatic N) is 1. The first-order valence-electron chi connectivity index (χ1n) is 8.07. The summed E-state index contributed by atoms with van der Waals surface area (Å²) in [5.41, 5.74) is 2.20. The maximum absolute atomic E-state index is 12.5. The summed E-state index contributed by atoms with van der Waals surface area (Å²) in [6, 6.07) is 15.7. The van der Waals surface area contributed by atoms with E-state index in [4.69, 9.17) is 9.47 Å². The Hall–Kier alpha value is -2.49. The molecule has 1 unspecified atom stereocenters. The summed E-state index contributed by atoms with van der Waals surface area (Å²) in [4.78, 5) is 14.3. The van der Waals surface area contributed by atoms with Crippen LogP contribution in [0.4, 0.5) is 0 Å². The number of hydrogen-bond donors (Lipinski definition) is 0. The van der Waals surface area contributed by atoms with Crippen LogP contribution in [0.5, 0.6) is 11.5 Å². The number of methoxy groups -OCH3 is 2. The van der Waals surface area contributed by atoms with Crippen LogP contribution < -0.4 is 9.47 Å². The molecule has 0 spiro atoms. The third kappa shape index (κ3) is 4.51. The van der Waals surface area contributed by atoms with E-state index in [-0.39, 0.29) is 11.9 Å². The fraction of sp³-hybridized carbons (Fsp3) is 0.350. The van der Waals surface area contributed by atoms with E-state index >= 15 is 0 Å². The fourth-order valence-electron chi connectivity index (χ4n) is 2.58. The molecule has 0 aliphatic heterocycles. The first-order chi connectivity index (χ1) is 11.5. The summed E-state index contributed by atoms with van der Waals surface area (Å²) < 4.78 is 10.4. The lowest BCUT2D eigenvalue weighted by Gasteiger charge is -2.25. The number of carbonyl (C=O) groups is 1. The van der Waals surface area contributed by atoms with Crippen LogP contribution in [0.3, 0.4) is 0 Å². The van der Waals surface area contributed by atoms with Gasteiger partial charge in [-0.05, 0) is 48.7 Å². The van der Waals surface area contributed by atoms with Gasteiger partial charge in [-0.25, -0.2) is 0 Å². The third-order valence-corrected chi connectivity index (χ3v) is 4.33. The van der Waals surface area contributed by atoms with Gasteiger partial charge in [0.2, 0.25) is 5.91 Å². The summed E-state index contributed by atoms with van der Waals surface area (Å²) in [5.74, 6) is 1.76. The van der Waals surface area contributed by atoms with Crippen molar-refractivity contribution in [1.29, 1.82) is 0 Å². The van der Waals surface area contributed by atoms with E-state index in [0.29, 0.717) is 12.8 Å². The van der Waals surface area contributed by atoms with Gasteiger partial charge in [0.15, 0.2) is 0 Å². The van der Waals surface area contributed by atoms with Gasteiger partial charge in [0.1, 0.15) is 11.5 Å². The van der Waals surface area contributed by atoms with Crippen molar-refractivity contribution in [3.63, 3.8) is 0 Å². The lowest BCUT2D eigenvalue weighted by atomic mass is 10.1. The van der Waals surface area contributed by atoms with Crippen molar-refractivity contribution in [2.45, 2.75) is 25.8 Å². The van der Waals surface area contributed by atoms with Gasteiger partial charge in [-0.1, -0.05) is 24.3 Å². The van der Waals surface area contributed by atoms with Crippen molar-refractivity contribution in [3.8, 4) is 11.5 Å². The van der Waals surface area contributed by atoms with Crippen LogP contribution in [-0.4, -0.2) is 32.1 Å². The van der Waals surface area contributed by atoms with E-state index in [1.54, 1.807) is 19.1 Å². The van der Waals surface area contributed by atoms with Gasteiger partial charge in [0, 0.05) is 13.5 Å². The molecule has 1 atom stereocenters. The molecule has 0 aromatic heterocycles. The Labute approximate surface area is 144 Å². The smallest absolute Gasteiger partial charge is 0.223 e. The zero-order valence-corrected chi connectivity index (χ0v) is 14.8. The molecule has 2 aromatic carbocycles. The number of benzene rings is 2. The van der Waals surface area contributed by atoms with E-state index in [9.17, 15) is 4.79 Å². The van der Waals surface area contributed by atoms with E-state index < -0.39 is 0 Å². The first kappa shape index (κ1) is 17.9. The highest BCUT2D eigenvalue weighted by molar-refractivity contribution is 5.76. The molecule has 2 aromatic rings. The van der Waals surface area contributed by atoms with Crippen LogP contribution in [0.15, 0.2) is 48.5 Å². The largest absolute Gasteiger partial charge is 0.497 e. The highest BCUT2D eigenvalue weighted by atomic mass is 16.5. The topological polar surface area (TPSA) is 38.8 Å². The summed E-state index contributed by atoms with van der Waals surface area (Å²) in [6.07, 6.45) is 1.18. The second-order valence-electron chi connectivity index (χ2n) is 5.81. The Morgan fingerprint density at radius 2 is 1.71 bits per heavy atom. The van der Waals surface area contributed by atoms with Crippen LogP contribution in [0, 0.1) is 0 Å². The Balaban J connectivity index is 1.94. The van der Waals surface area contributed by atoms with Crippen LogP contribution >= 0.6 is 0 Å². The fourth-order valence-corrected chi connectivity index (χ4v) is 2.58. The molecule has 0 N–H and O–H groups in total. The minimum Gasteiger partial charge on any atom is -0.497 e. The molecule has 0 radical (unpaired) electrons. The molecule has 0 saturated carbocycles. The van der Waals surface area contributed by atoms with E-state index in [2.05, 4.69) is 0 Å². The van der Waals surface area contributed by atoms with Gasteiger partial charge < -0.3 is 14.4 Å². The molecule has 0 aliphatic carbocycles. The molecule has 0 fully saturated rings. The average molecular weight is 327 g/mol. The minimum atomic E-state index is 0.0220. The lowest BCUT2D eigenvalue weighted by Crippen LogP contribution is -2.29. The van der Waals surface area contributed by atoms with E-state index in [1.807, 2.05) is 62.5 Å². The van der Waals surface area contributed by atoms with Crippen molar-refractivity contribution in [2.24, 2.45) is 0 Å². The van der Waals surface area contributed by atoms with Gasteiger partial charge in [-0.15, -0.1) is 0 Å². The highest BCUT2D eigenvalue weighted by Gasteiger charge is 2.17. The Kier molecular flexibility index (Phi) is 6.24. The van der Waals surface area contributed by atoms with E-state index in [1.165, 1.54) is 0 Å². The molecule has 0 saturated heterocycles. The molecule has 128 valence electrons. The Morgan fingerprint density at radius 3 is 2.33 bits per heavy atom. The minimum absolute atomic E-state index is 0.0220. The number of aryl methyl sites for hydroxylation is 1. The van der Waals surface area contributed by atoms with Crippen molar-refractivity contribution < 1.29 is 14.3 Å². The zero-order valence-electron chi connectivity index (χ0n) is 14.8. The molecule has 24 heavy (non-hydrogen) atoms. The van der Waals surface area contributed by atoms with Gasteiger partial charge in [-0.3, -0.25) is 4.79 Å². The van der Waals surface area contributed by atoms with Crippen LogP contribution in [0.1, 0.15) is 30.5 Å². The summed E-state index contributed by atoms with van der Waals surface area (Å²) in [7, 11) is 5.14. The highest BCUT2D eigenvalue weighted by Crippen LogP contribution is 2.22. The maximum Gasteiger partial charge on any atom is 0.223 e. The molecule has 0 bridgehead atoms. The number of hydrogen-bond acceptors (Lipinski definition) is 3. The maximum atomic E-state index is 12.5. The Bertz CT molecular complexity index is 667. The number of ether oxygens (including phenoxy) is 2. The quantitative estimate of drug-likeness (QED) is 0.775. The van der Waals surface area contributed by atoms with Crippen LogP contribution in [-0.2, 0) is 11.2 Å². The predicted octanol–water partition coefficient (Wildman–Crippen LogP) is 3.86. The molecular weight excluding hydrogens is 302 g/mol. The molecular formula is C20H25NO3. The number of amides is 1. The van der Waals surface area contributed by atoms with Crippen molar-refractivity contribution >= 4 is 5.91 Å². The summed E-state index contributed by atoms with van der Waals surface area (Å²) in [5, 5.41) is 0. The third-order valence-electron chi connectivity index (χ3n) is 4.33. The summed E-state index contributed by atoms with van der Waals surface area (Å²) >= 11 is 0. The average Bonchev–Trinajstić information content (AvgIpc) is 2.65. The summed E-state index contributed by atoms with van der Waals surface area (Å²) in [6.45, 7) is 2.03. The second-order valence-corrected chi connectivity index (χ2v) is 5.81. The standard InChI is InChI=1S/C20H25NO3/c1-15(17-9-11-18(23-3)12-10-17)21(2)20(22)13-8-16-6-5-7-19(14-16)24-4/h5-7,9-12,14-15H,8,13H2,1-4H3. The van der Waals surface area contributed by atoms with Crippen LogP contribution in [0.2, 0.25) is 0 Å². The Morgan fingerprint density at radius 1 is 1.04 bits per heavy atom. The molecule has 0 aliphatic rings. The normalized spacial score (nSPS) is 11.7. The van der Waals surface area contributed by atoms with Gasteiger partial charge in [-0.2, -0.15) is 0 Å². The monoisotopic (exact) mass is 327 g/mol. The van der Waals surface area contributed by atoms with Crippen molar-refractivity contribution in [2.75, 3.05) is 21.3 Å².